The Bertz CT molecular complexity index is 645. The lowest BCUT2D eigenvalue weighted by atomic mass is 10.2. The highest BCUT2D eigenvalue weighted by atomic mass is 35.5. The van der Waals surface area contributed by atoms with Crippen LogP contribution < -0.4 is 10.5 Å². The number of nitrogens with two attached hydrogens (primary N) is 1. The van der Waals surface area contributed by atoms with E-state index in [1.807, 2.05) is 0 Å². The van der Waals surface area contributed by atoms with Crippen LogP contribution in [0.15, 0.2) is 36.4 Å². The predicted molar refractivity (Wildman–Crippen MR) is 78.6 cm³/mol. The molecule has 0 saturated heterocycles. The van der Waals surface area contributed by atoms with Gasteiger partial charge in [-0.3, -0.25) is 0 Å². The minimum absolute atomic E-state index is 0.214. The fourth-order valence-corrected chi connectivity index (χ4v) is 1.96. The van der Waals surface area contributed by atoms with Crippen molar-refractivity contribution in [2.24, 2.45) is 5.73 Å². The summed E-state index contributed by atoms with van der Waals surface area (Å²) in [6.07, 6.45) is 0. The number of thiocarbonyl (C=S) groups is 1. The van der Waals surface area contributed by atoms with Gasteiger partial charge in [-0.1, -0.05) is 23.8 Å². The maximum Gasteiger partial charge on any atom is 0.139 e. The maximum atomic E-state index is 13.0. The van der Waals surface area contributed by atoms with Gasteiger partial charge in [0, 0.05) is 11.1 Å². The molecule has 19 heavy (non-hydrogen) atoms. The summed E-state index contributed by atoms with van der Waals surface area (Å²) in [5.74, 6) is 0.668. The Balaban J connectivity index is 2.42. The van der Waals surface area contributed by atoms with Crippen LogP contribution in [0.1, 0.15) is 11.1 Å². The highest BCUT2D eigenvalue weighted by molar-refractivity contribution is 7.80. The van der Waals surface area contributed by atoms with Crippen molar-refractivity contribution >= 4 is 28.8 Å². The summed E-state index contributed by atoms with van der Waals surface area (Å²) < 4.78 is 18.8. The van der Waals surface area contributed by atoms with Gasteiger partial charge in [0.25, 0.3) is 0 Å². The SMILES string of the molecule is Cc1cc(F)ccc1Oc1cc(Cl)ccc1C(N)=S. The first kappa shape index (κ1) is 13.8. The van der Waals surface area contributed by atoms with Gasteiger partial charge < -0.3 is 10.5 Å². The van der Waals surface area contributed by atoms with E-state index >= 15 is 0 Å². The number of rotatable bonds is 3. The Morgan fingerprint density at radius 1 is 1.21 bits per heavy atom. The molecule has 2 nitrogen and oxygen atoms in total. The molecular weight excluding hydrogens is 285 g/mol. The lowest BCUT2D eigenvalue weighted by Gasteiger charge is -2.12. The molecule has 0 unspecified atom stereocenters. The molecule has 0 radical (unpaired) electrons. The first-order valence-corrected chi connectivity index (χ1v) is 6.29. The third kappa shape index (κ3) is 3.22. The molecule has 0 saturated carbocycles. The zero-order chi connectivity index (χ0) is 14.0. The minimum atomic E-state index is -0.314. The van der Waals surface area contributed by atoms with Crippen molar-refractivity contribution in [3.63, 3.8) is 0 Å². The van der Waals surface area contributed by atoms with E-state index < -0.39 is 0 Å². The van der Waals surface area contributed by atoms with Gasteiger partial charge in [0.2, 0.25) is 0 Å². The zero-order valence-electron chi connectivity index (χ0n) is 10.1. The second-order valence-electron chi connectivity index (χ2n) is 4.02. The molecule has 5 heteroatoms. The summed E-state index contributed by atoms with van der Waals surface area (Å²) in [6, 6.07) is 9.26. The molecular formula is C14H11ClFNOS. The maximum absolute atomic E-state index is 13.0. The first-order valence-electron chi connectivity index (χ1n) is 5.51. The van der Waals surface area contributed by atoms with Crippen LogP contribution in [0.5, 0.6) is 11.5 Å². The van der Waals surface area contributed by atoms with Crippen LogP contribution in [-0.4, -0.2) is 4.99 Å². The smallest absolute Gasteiger partial charge is 0.139 e. The lowest BCUT2D eigenvalue weighted by Crippen LogP contribution is -2.10. The molecule has 2 aromatic carbocycles. The molecule has 0 aliphatic carbocycles. The molecule has 98 valence electrons. The summed E-state index contributed by atoms with van der Waals surface area (Å²) in [6.45, 7) is 1.75. The van der Waals surface area contributed by atoms with Gasteiger partial charge in [-0.25, -0.2) is 4.39 Å². The summed E-state index contributed by atoms with van der Waals surface area (Å²) in [5.41, 5.74) is 6.89. The number of aryl methyl sites for hydroxylation is 1. The van der Waals surface area contributed by atoms with Crippen molar-refractivity contribution in [1.29, 1.82) is 0 Å². The Hall–Kier alpha value is -1.65. The van der Waals surface area contributed by atoms with Crippen molar-refractivity contribution in [3.05, 3.63) is 58.4 Å². The predicted octanol–water partition coefficient (Wildman–Crippen LogP) is 4.21. The van der Waals surface area contributed by atoms with Gasteiger partial charge in [-0.05, 0) is 42.8 Å². The van der Waals surface area contributed by atoms with E-state index in [4.69, 9.17) is 34.3 Å². The van der Waals surface area contributed by atoms with Crippen molar-refractivity contribution in [3.8, 4) is 11.5 Å². The van der Waals surface area contributed by atoms with Crippen molar-refractivity contribution in [1.82, 2.24) is 0 Å². The van der Waals surface area contributed by atoms with Crippen LogP contribution in [0.25, 0.3) is 0 Å². The standard InChI is InChI=1S/C14H11ClFNOS/c1-8-6-10(16)3-5-12(8)18-13-7-9(15)2-4-11(13)14(17)19/h2-7H,1H3,(H2,17,19). The molecule has 2 N–H and O–H groups in total. The van der Waals surface area contributed by atoms with Gasteiger partial charge >= 0.3 is 0 Å². The summed E-state index contributed by atoms with van der Waals surface area (Å²) in [5, 5.41) is 0.509. The normalized spacial score (nSPS) is 10.3. The second-order valence-corrected chi connectivity index (χ2v) is 4.89. The molecule has 0 aliphatic heterocycles. The quantitative estimate of drug-likeness (QED) is 0.861. The molecule has 0 bridgehead atoms. The largest absolute Gasteiger partial charge is 0.456 e. The lowest BCUT2D eigenvalue weighted by molar-refractivity contribution is 0.475. The molecule has 0 atom stereocenters. The molecule has 2 rings (SSSR count). The van der Waals surface area contributed by atoms with Gasteiger partial charge in [0.05, 0.1) is 5.56 Å². The summed E-state index contributed by atoms with van der Waals surface area (Å²) in [7, 11) is 0. The van der Waals surface area contributed by atoms with Crippen LogP contribution in [0.3, 0.4) is 0 Å². The Kier molecular flexibility index (Phi) is 4.02. The fourth-order valence-electron chi connectivity index (χ4n) is 1.63. The molecule has 0 fully saturated rings. The topological polar surface area (TPSA) is 35.2 Å². The van der Waals surface area contributed by atoms with E-state index in [0.29, 0.717) is 27.6 Å². The molecule has 2 aromatic rings. The Morgan fingerprint density at radius 3 is 2.58 bits per heavy atom. The molecule has 0 aliphatic rings. The average molecular weight is 296 g/mol. The minimum Gasteiger partial charge on any atom is -0.456 e. The number of benzene rings is 2. The summed E-state index contributed by atoms with van der Waals surface area (Å²) in [4.78, 5) is 0.214. The number of ether oxygens (including phenoxy) is 1. The molecule has 0 amide bonds. The van der Waals surface area contributed by atoms with E-state index in [1.54, 1.807) is 31.2 Å². The van der Waals surface area contributed by atoms with Crippen molar-refractivity contribution in [2.75, 3.05) is 0 Å². The van der Waals surface area contributed by atoms with Crippen LogP contribution in [0, 0.1) is 12.7 Å². The van der Waals surface area contributed by atoms with E-state index in [-0.39, 0.29) is 10.8 Å². The van der Waals surface area contributed by atoms with Crippen LogP contribution in [0.2, 0.25) is 5.02 Å². The van der Waals surface area contributed by atoms with Crippen LogP contribution in [0.4, 0.5) is 4.39 Å². The highest BCUT2D eigenvalue weighted by Crippen LogP contribution is 2.30. The third-order valence-corrected chi connectivity index (χ3v) is 3.02. The first-order chi connectivity index (χ1) is 8.97. The van der Waals surface area contributed by atoms with E-state index in [9.17, 15) is 4.39 Å². The number of halogens is 2. The van der Waals surface area contributed by atoms with Gasteiger partial charge in [0.15, 0.2) is 0 Å². The molecule has 0 heterocycles. The Labute approximate surface area is 120 Å². The molecule has 0 spiro atoms. The monoisotopic (exact) mass is 295 g/mol. The number of hydrogen-bond donors (Lipinski definition) is 1. The van der Waals surface area contributed by atoms with Gasteiger partial charge in [-0.15, -0.1) is 0 Å². The highest BCUT2D eigenvalue weighted by Gasteiger charge is 2.10. The van der Waals surface area contributed by atoms with Crippen molar-refractivity contribution in [2.45, 2.75) is 6.92 Å². The van der Waals surface area contributed by atoms with E-state index in [0.717, 1.165) is 0 Å². The zero-order valence-corrected chi connectivity index (χ0v) is 11.7. The molecule has 0 aromatic heterocycles. The van der Waals surface area contributed by atoms with Crippen LogP contribution in [-0.2, 0) is 0 Å². The Morgan fingerprint density at radius 2 is 1.95 bits per heavy atom. The van der Waals surface area contributed by atoms with E-state index in [1.165, 1.54) is 12.1 Å². The van der Waals surface area contributed by atoms with Gasteiger partial charge in [-0.2, -0.15) is 0 Å². The summed E-state index contributed by atoms with van der Waals surface area (Å²) >= 11 is 10.9. The average Bonchev–Trinajstić information content (AvgIpc) is 2.32. The third-order valence-electron chi connectivity index (χ3n) is 2.57. The van der Waals surface area contributed by atoms with Crippen molar-refractivity contribution < 1.29 is 9.13 Å². The van der Waals surface area contributed by atoms with Gasteiger partial charge in [0.1, 0.15) is 22.3 Å². The fraction of sp³-hybridized carbons (Fsp3) is 0.0714. The van der Waals surface area contributed by atoms with Crippen LogP contribution >= 0.6 is 23.8 Å². The van der Waals surface area contributed by atoms with E-state index in [2.05, 4.69) is 0 Å². The number of hydrogen-bond acceptors (Lipinski definition) is 2. The second kappa shape index (κ2) is 5.55.